The lowest BCUT2D eigenvalue weighted by Gasteiger charge is -2.37. The zero-order valence-electron chi connectivity index (χ0n) is 22.9. The smallest absolute Gasteiger partial charge is 0.146 e. The molecule has 3 aromatic heterocycles. The second kappa shape index (κ2) is 15.6. The first kappa shape index (κ1) is 29.0. The zero-order valence-corrected chi connectivity index (χ0v) is 22.9. The van der Waals surface area contributed by atoms with Crippen LogP contribution in [0.1, 0.15) is 13.3 Å². The number of para-hydroxylation sites is 1. The number of piperazine rings is 1. The highest BCUT2D eigenvalue weighted by Gasteiger charge is 2.22. The first-order valence-corrected chi connectivity index (χ1v) is 13.2. The number of hydrogen-bond donors (Lipinski definition) is 1. The molecule has 0 bridgehead atoms. The van der Waals surface area contributed by atoms with Gasteiger partial charge in [0.05, 0.1) is 11.4 Å². The second-order valence-electron chi connectivity index (χ2n) is 8.97. The lowest BCUT2D eigenvalue weighted by molar-refractivity contribution is -0.620. The van der Waals surface area contributed by atoms with Gasteiger partial charge in [-0.3, -0.25) is 9.97 Å². The lowest BCUT2D eigenvalue weighted by atomic mass is 10.1. The van der Waals surface area contributed by atoms with E-state index in [1.54, 1.807) is 14.0 Å². The number of ether oxygens (including phenoxy) is 1. The molecule has 40 heavy (non-hydrogen) atoms. The number of aromatic nitrogens is 3. The van der Waals surface area contributed by atoms with Crippen LogP contribution in [-0.4, -0.2) is 66.3 Å². The van der Waals surface area contributed by atoms with Gasteiger partial charge >= 0.3 is 0 Å². The molecule has 1 saturated heterocycles. The Bertz CT molecular complexity index is 1380. The topological polar surface area (TPSA) is 94.3 Å². The Morgan fingerprint density at radius 1 is 0.950 bits per heavy atom. The molecule has 0 aliphatic carbocycles. The largest absolute Gasteiger partial charge is 0.385 e. The van der Waals surface area contributed by atoms with Crippen LogP contribution in [-0.2, 0) is 26.2 Å². The van der Waals surface area contributed by atoms with E-state index in [0.29, 0.717) is 0 Å². The molecular weight excluding hydrogens is 510 g/mol. The molecule has 1 aromatic carbocycles. The SMILES string of the molecule is CC#CCOOOO.COCCCn1c(-c2ncccc2N2CCN(c3ccncc3)CC2)cc2ccccc21. The monoisotopic (exact) mass is 545 g/mol. The Morgan fingerprint density at radius 3 is 2.48 bits per heavy atom. The molecule has 1 aliphatic rings. The summed E-state index contributed by atoms with van der Waals surface area (Å²) < 4.78 is 7.71. The van der Waals surface area contributed by atoms with Crippen molar-refractivity contribution in [3.05, 3.63) is 73.2 Å². The Kier molecular flexibility index (Phi) is 11.3. The van der Waals surface area contributed by atoms with Crippen LogP contribution in [0, 0.1) is 11.8 Å². The van der Waals surface area contributed by atoms with Gasteiger partial charge in [-0.15, -0.1) is 5.92 Å². The fourth-order valence-corrected chi connectivity index (χ4v) is 4.77. The quantitative estimate of drug-likeness (QED) is 0.130. The first-order valence-electron chi connectivity index (χ1n) is 13.2. The van der Waals surface area contributed by atoms with E-state index in [0.717, 1.165) is 51.4 Å². The number of methoxy groups -OCH3 is 1. The zero-order chi connectivity index (χ0) is 28.0. The average Bonchev–Trinajstić information content (AvgIpc) is 3.39. The van der Waals surface area contributed by atoms with E-state index in [4.69, 9.17) is 15.0 Å². The van der Waals surface area contributed by atoms with Gasteiger partial charge in [-0.1, -0.05) is 24.1 Å². The third-order valence-electron chi connectivity index (χ3n) is 6.60. The van der Waals surface area contributed by atoms with Crippen LogP contribution in [0.4, 0.5) is 11.4 Å². The van der Waals surface area contributed by atoms with E-state index >= 15 is 0 Å². The highest BCUT2D eigenvalue weighted by molar-refractivity contribution is 5.89. The molecule has 1 fully saturated rings. The molecule has 210 valence electrons. The molecule has 0 unspecified atom stereocenters. The Morgan fingerprint density at radius 2 is 1.73 bits per heavy atom. The van der Waals surface area contributed by atoms with Crippen LogP contribution >= 0.6 is 0 Å². The highest BCUT2D eigenvalue weighted by atomic mass is 17.6. The maximum atomic E-state index is 7.47. The van der Waals surface area contributed by atoms with Crippen molar-refractivity contribution < 1.29 is 25.0 Å². The average molecular weight is 546 g/mol. The molecule has 0 amide bonds. The number of benzene rings is 1. The molecule has 5 rings (SSSR count). The Balaban J connectivity index is 0.000000406. The van der Waals surface area contributed by atoms with Gasteiger partial charge < -0.3 is 19.1 Å². The molecular formula is C30H35N5O5. The van der Waals surface area contributed by atoms with Crippen molar-refractivity contribution in [1.29, 1.82) is 0 Å². The van der Waals surface area contributed by atoms with Crippen molar-refractivity contribution in [1.82, 2.24) is 14.5 Å². The molecule has 10 nitrogen and oxygen atoms in total. The molecule has 10 heteroatoms. The summed E-state index contributed by atoms with van der Waals surface area (Å²) in [5.41, 5.74) is 5.92. The van der Waals surface area contributed by atoms with E-state index in [1.807, 2.05) is 24.7 Å². The molecule has 1 aliphatic heterocycles. The van der Waals surface area contributed by atoms with Crippen LogP contribution in [0.15, 0.2) is 73.2 Å². The van der Waals surface area contributed by atoms with E-state index in [2.05, 4.69) is 94.7 Å². The number of nitrogens with zero attached hydrogens (tertiary/aromatic N) is 5. The molecule has 4 aromatic rings. The summed E-state index contributed by atoms with van der Waals surface area (Å²) in [4.78, 5) is 18.0. The van der Waals surface area contributed by atoms with Crippen LogP contribution in [0.5, 0.6) is 0 Å². The van der Waals surface area contributed by atoms with Crippen LogP contribution < -0.4 is 9.80 Å². The summed E-state index contributed by atoms with van der Waals surface area (Å²) in [7, 11) is 1.76. The Hall–Kier alpha value is -3.98. The minimum atomic E-state index is 0.0804. The minimum Gasteiger partial charge on any atom is -0.385 e. The van der Waals surface area contributed by atoms with Gasteiger partial charge in [-0.05, 0) is 59.8 Å². The summed E-state index contributed by atoms with van der Waals surface area (Å²) in [5, 5.41) is 15.4. The third kappa shape index (κ3) is 7.57. The van der Waals surface area contributed by atoms with Gasteiger partial charge in [0.15, 0.2) is 0 Å². The number of aryl methyl sites for hydroxylation is 1. The number of hydrogen-bond acceptors (Lipinski definition) is 9. The second-order valence-corrected chi connectivity index (χ2v) is 8.97. The van der Waals surface area contributed by atoms with Crippen molar-refractivity contribution in [3.63, 3.8) is 0 Å². The maximum absolute atomic E-state index is 7.47. The number of fused-ring (bicyclic) bond motifs is 1. The fraction of sp³-hybridized carbons (Fsp3) is 0.333. The number of pyridine rings is 2. The summed E-state index contributed by atoms with van der Waals surface area (Å²) in [5.74, 6) is 5.03. The Labute approximate surface area is 234 Å². The van der Waals surface area contributed by atoms with Gasteiger partial charge in [0.1, 0.15) is 12.3 Å². The van der Waals surface area contributed by atoms with E-state index in [-0.39, 0.29) is 6.61 Å². The van der Waals surface area contributed by atoms with Crippen molar-refractivity contribution in [2.75, 3.05) is 56.3 Å². The molecule has 0 atom stereocenters. The van der Waals surface area contributed by atoms with Crippen molar-refractivity contribution >= 4 is 22.3 Å². The standard InChI is InChI=1S/C26H29N5O.C4H6O4/c1-32-19-5-14-31-23-7-3-2-6-21(23)20-25(31)26-24(8-4-11-28-26)30-17-15-29(16-18-30)22-9-12-27-13-10-22;1-2-3-4-6-8-7-5/h2-4,6-13,20H,5,14-19H2,1H3;5H,4H2,1H3. The van der Waals surface area contributed by atoms with E-state index in [9.17, 15) is 0 Å². The van der Waals surface area contributed by atoms with Crippen molar-refractivity contribution in [3.8, 4) is 23.2 Å². The molecule has 0 spiro atoms. The third-order valence-corrected chi connectivity index (χ3v) is 6.60. The highest BCUT2D eigenvalue weighted by Crippen LogP contribution is 2.34. The van der Waals surface area contributed by atoms with Crippen LogP contribution in [0.25, 0.3) is 22.3 Å². The van der Waals surface area contributed by atoms with E-state index in [1.165, 1.54) is 28.0 Å². The summed E-state index contributed by atoms with van der Waals surface area (Å²) >= 11 is 0. The molecule has 4 heterocycles. The molecule has 0 saturated carbocycles. The van der Waals surface area contributed by atoms with Crippen molar-refractivity contribution in [2.45, 2.75) is 19.9 Å². The number of anilines is 2. The summed E-state index contributed by atoms with van der Waals surface area (Å²) in [6.45, 7) is 7.28. The summed E-state index contributed by atoms with van der Waals surface area (Å²) in [6.07, 6.45) is 6.60. The maximum Gasteiger partial charge on any atom is 0.146 e. The lowest BCUT2D eigenvalue weighted by Crippen LogP contribution is -2.46. The minimum absolute atomic E-state index is 0.0804. The predicted molar refractivity (Wildman–Crippen MR) is 155 cm³/mol. The molecule has 0 radical (unpaired) electrons. The van der Waals surface area contributed by atoms with Gasteiger partial charge in [0.25, 0.3) is 0 Å². The van der Waals surface area contributed by atoms with Gasteiger partial charge in [0.2, 0.25) is 0 Å². The van der Waals surface area contributed by atoms with Gasteiger partial charge in [-0.2, -0.15) is 4.89 Å². The summed E-state index contributed by atoms with van der Waals surface area (Å²) in [6, 6.07) is 19.3. The predicted octanol–water partition coefficient (Wildman–Crippen LogP) is 4.82. The van der Waals surface area contributed by atoms with Crippen LogP contribution in [0.3, 0.4) is 0 Å². The van der Waals surface area contributed by atoms with E-state index < -0.39 is 0 Å². The molecule has 1 N–H and O–H groups in total. The first-order chi connectivity index (χ1) is 19.8. The normalized spacial score (nSPS) is 13.0. The van der Waals surface area contributed by atoms with Crippen molar-refractivity contribution in [2.24, 2.45) is 0 Å². The number of rotatable bonds is 10. The van der Waals surface area contributed by atoms with Gasteiger partial charge in [0, 0.05) is 81.6 Å². The fourth-order valence-electron chi connectivity index (χ4n) is 4.77. The van der Waals surface area contributed by atoms with Crippen LogP contribution in [0.2, 0.25) is 0 Å². The van der Waals surface area contributed by atoms with Gasteiger partial charge in [-0.25, -0.2) is 5.26 Å².